The molecule has 6 heteroatoms. The van der Waals surface area contributed by atoms with Crippen LogP contribution in [-0.4, -0.2) is 17.5 Å². The quantitative estimate of drug-likeness (QED) is 0.621. The minimum absolute atomic E-state index is 0.0562. The smallest absolute Gasteiger partial charge is 0.264 e. The van der Waals surface area contributed by atoms with E-state index in [1.165, 1.54) is 16.9 Å². The Bertz CT molecular complexity index is 877. The highest BCUT2D eigenvalue weighted by Crippen LogP contribution is 2.28. The van der Waals surface area contributed by atoms with E-state index < -0.39 is 0 Å². The lowest BCUT2D eigenvalue weighted by molar-refractivity contribution is -0.118. The average molecular weight is 375 g/mol. The summed E-state index contributed by atoms with van der Waals surface area (Å²) in [6.07, 6.45) is 1.09. The summed E-state index contributed by atoms with van der Waals surface area (Å²) in [5.74, 6) is 0.958. The number of carbonyl (C=O) groups excluding carboxylic acids is 1. The predicted octanol–water partition coefficient (Wildman–Crippen LogP) is 5.48. The molecule has 2 aromatic carbocycles. The van der Waals surface area contributed by atoms with Gasteiger partial charge in [0.1, 0.15) is 5.75 Å². The highest BCUT2D eigenvalue weighted by atomic mass is 35.5. The topological polar surface area (TPSA) is 51.2 Å². The van der Waals surface area contributed by atoms with Crippen molar-refractivity contribution in [1.29, 1.82) is 0 Å². The molecule has 1 amide bonds. The normalized spacial score (nSPS) is 12.1. The number of thiazole rings is 1. The Morgan fingerprint density at radius 2 is 2.04 bits per heavy atom. The number of hydrogen-bond donors (Lipinski definition) is 1. The first kappa shape index (κ1) is 17.7. The van der Waals surface area contributed by atoms with Crippen LogP contribution in [0, 0.1) is 0 Å². The van der Waals surface area contributed by atoms with E-state index in [4.69, 9.17) is 16.3 Å². The van der Waals surface area contributed by atoms with Crippen molar-refractivity contribution in [2.24, 2.45) is 0 Å². The molecule has 0 radical (unpaired) electrons. The van der Waals surface area contributed by atoms with Crippen LogP contribution in [0.15, 0.2) is 42.5 Å². The molecule has 0 saturated carbocycles. The molecule has 0 saturated heterocycles. The number of hydrogen-bond acceptors (Lipinski definition) is 4. The average Bonchev–Trinajstić information content (AvgIpc) is 3.01. The van der Waals surface area contributed by atoms with E-state index in [2.05, 4.69) is 24.1 Å². The van der Waals surface area contributed by atoms with E-state index >= 15 is 0 Å². The maximum atomic E-state index is 12.1. The van der Waals surface area contributed by atoms with Crippen molar-refractivity contribution in [3.63, 3.8) is 0 Å². The number of fused-ring (bicyclic) bond motifs is 1. The number of halogens is 1. The molecule has 0 aliphatic rings. The van der Waals surface area contributed by atoms with Crippen molar-refractivity contribution in [3.05, 3.63) is 53.1 Å². The predicted molar refractivity (Wildman–Crippen MR) is 104 cm³/mol. The fourth-order valence-corrected chi connectivity index (χ4v) is 3.54. The van der Waals surface area contributed by atoms with Crippen molar-refractivity contribution in [1.82, 2.24) is 4.98 Å². The third kappa shape index (κ3) is 4.50. The molecule has 1 N–H and O–H groups in total. The van der Waals surface area contributed by atoms with Gasteiger partial charge in [0, 0.05) is 5.02 Å². The molecule has 3 aromatic rings. The maximum absolute atomic E-state index is 12.1. The van der Waals surface area contributed by atoms with E-state index in [1.54, 1.807) is 6.07 Å². The molecule has 1 heterocycles. The SMILES string of the molecule is CC[C@@H](C)c1ccc(OCC(=O)Nc2nc3ccc(Cl)cc3s2)cc1. The number of rotatable bonds is 6. The number of nitrogens with zero attached hydrogens (tertiary/aromatic N) is 1. The van der Waals surface area contributed by atoms with E-state index in [0.29, 0.717) is 21.8 Å². The van der Waals surface area contributed by atoms with Gasteiger partial charge in [-0.05, 0) is 48.2 Å². The molecular weight excluding hydrogens is 356 g/mol. The summed E-state index contributed by atoms with van der Waals surface area (Å²) in [4.78, 5) is 16.4. The zero-order valence-corrected chi connectivity index (χ0v) is 15.7. The molecule has 0 bridgehead atoms. The number of anilines is 1. The maximum Gasteiger partial charge on any atom is 0.264 e. The summed E-state index contributed by atoms with van der Waals surface area (Å²) >= 11 is 7.35. The molecule has 0 aliphatic heterocycles. The van der Waals surface area contributed by atoms with Crippen LogP contribution in [0.5, 0.6) is 5.75 Å². The Hall–Kier alpha value is -2.11. The van der Waals surface area contributed by atoms with Gasteiger partial charge < -0.3 is 4.74 Å². The van der Waals surface area contributed by atoms with Crippen LogP contribution in [0.3, 0.4) is 0 Å². The van der Waals surface area contributed by atoms with E-state index in [0.717, 1.165) is 16.6 Å². The lowest BCUT2D eigenvalue weighted by Crippen LogP contribution is -2.20. The second-order valence-electron chi connectivity index (χ2n) is 5.85. The molecule has 3 rings (SSSR count). The van der Waals surface area contributed by atoms with Crippen LogP contribution in [0.2, 0.25) is 5.02 Å². The second kappa shape index (κ2) is 7.85. The molecule has 0 aliphatic carbocycles. The first-order valence-electron chi connectivity index (χ1n) is 8.14. The number of benzene rings is 2. The van der Waals surface area contributed by atoms with Gasteiger partial charge in [0.25, 0.3) is 5.91 Å². The molecule has 4 nitrogen and oxygen atoms in total. The first-order valence-corrected chi connectivity index (χ1v) is 9.33. The van der Waals surface area contributed by atoms with Gasteiger partial charge in [0.15, 0.2) is 11.7 Å². The van der Waals surface area contributed by atoms with Crippen LogP contribution in [0.4, 0.5) is 5.13 Å². The highest BCUT2D eigenvalue weighted by molar-refractivity contribution is 7.22. The van der Waals surface area contributed by atoms with Gasteiger partial charge in [-0.3, -0.25) is 10.1 Å². The minimum Gasteiger partial charge on any atom is -0.484 e. The summed E-state index contributed by atoms with van der Waals surface area (Å²) in [5, 5.41) is 3.95. The number of carbonyl (C=O) groups is 1. The zero-order chi connectivity index (χ0) is 17.8. The Morgan fingerprint density at radius 3 is 2.76 bits per heavy atom. The summed E-state index contributed by atoms with van der Waals surface area (Å²) in [6.45, 7) is 4.29. The van der Waals surface area contributed by atoms with Crippen LogP contribution < -0.4 is 10.1 Å². The number of aromatic nitrogens is 1. The lowest BCUT2D eigenvalue weighted by atomic mass is 9.99. The van der Waals surface area contributed by atoms with Crippen molar-refractivity contribution in [2.75, 3.05) is 11.9 Å². The Balaban J connectivity index is 1.56. The minimum atomic E-state index is -0.240. The van der Waals surface area contributed by atoms with E-state index in [-0.39, 0.29) is 12.5 Å². The largest absolute Gasteiger partial charge is 0.484 e. The standard InChI is InChI=1S/C19H19ClN2O2S/c1-3-12(2)13-4-7-15(8-5-13)24-11-18(23)22-19-21-16-9-6-14(20)10-17(16)25-19/h4-10,12H,3,11H2,1-2H3,(H,21,22,23)/t12-/m1/s1. The van der Waals surface area contributed by atoms with Crippen molar-refractivity contribution >= 4 is 44.2 Å². The van der Waals surface area contributed by atoms with Gasteiger partial charge in [0.05, 0.1) is 10.2 Å². The Kier molecular flexibility index (Phi) is 5.56. The van der Waals surface area contributed by atoms with Crippen molar-refractivity contribution in [2.45, 2.75) is 26.2 Å². The molecule has 25 heavy (non-hydrogen) atoms. The second-order valence-corrected chi connectivity index (χ2v) is 7.31. The summed E-state index contributed by atoms with van der Waals surface area (Å²) in [7, 11) is 0. The highest BCUT2D eigenvalue weighted by Gasteiger charge is 2.09. The van der Waals surface area contributed by atoms with Gasteiger partial charge in [-0.15, -0.1) is 0 Å². The fraction of sp³-hybridized carbons (Fsp3) is 0.263. The molecule has 0 unspecified atom stereocenters. The van der Waals surface area contributed by atoms with Gasteiger partial charge in [0.2, 0.25) is 0 Å². The molecular formula is C19H19ClN2O2S. The lowest BCUT2D eigenvalue weighted by Gasteiger charge is -2.10. The molecule has 0 fully saturated rings. The number of nitrogens with one attached hydrogen (secondary N) is 1. The molecule has 130 valence electrons. The number of amides is 1. The monoisotopic (exact) mass is 374 g/mol. The van der Waals surface area contributed by atoms with E-state index in [9.17, 15) is 4.79 Å². The third-order valence-electron chi connectivity index (χ3n) is 4.03. The van der Waals surface area contributed by atoms with E-state index in [1.807, 2.05) is 36.4 Å². The Labute approximate surface area is 155 Å². The summed E-state index contributed by atoms with van der Waals surface area (Å²) < 4.78 is 6.48. The van der Waals surface area contributed by atoms with Crippen molar-refractivity contribution < 1.29 is 9.53 Å². The molecule has 1 atom stereocenters. The van der Waals surface area contributed by atoms with Crippen LogP contribution >= 0.6 is 22.9 Å². The zero-order valence-electron chi connectivity index (χ0n) is 14.1. The fourth-order valence-electron chi connectivity index (χ4n) is 2.38. The first-order chi connectivity index (χ1) is 12.0. The Morgan fingerprint density at radius 1 is 1.28 bits per heavy atom. The van der Waals surface area contributed by atoms with Gasteiger partial charge in [-0.2, -0.15) is 0 Å². The van der Waals surface area contributed by atoms with Crippen LogP contribution in [0.25, 0.3) is 10.2 Å². The van der Waals surface area contributed by atoms with Crippen LogP contribution in [-0.2, 0) is 4.79 Å². The molecule has 0 spiro atoms. The summed E-state index contributed by atoms with van der Waals surface area (Å²) in [5.41, 5.74) is 2.08. The molecule has 1 aromatic heterocycles. The van der Waals surface area contributed by atoms with Crippen LogP contribution in [0.1, 0.15) is 31.7 Å². The van der Waals surface area contributed by atoms with Crippen molar-refractivity contribution in [3.8, 4) is 5.75 Å². The van der Waals surface area contributed by atoms with Gasteiger partial charge in [-0.1, -0.05) is 48.9 Å². The third-order valence-corrected chi connectivity index (χ3v) is 5.20. The van der Waals surface area contributed by atoms with Gasteiger partial charge >= 0.3 is 0 Å². The number of ether oxygens (including phenoxy) is 1. The summed E-state index contributed by atoms with van der Waals surface area (Å²) in [6, 6.07) is 13.3. The van der Waals surface area contributed by atoms with Gasteiger partial charge in [-0.25, -0.2) is 4.98 Å².